The average molecular weight is 447 g/mol. The predicted molar refractivity (Wildman–Crippen MR) is 125 cm³/mol. The number of hydrogen-bond acceptors (Lipinski definition) is 8. The molecule has 0 amide bonds. The van der Waals surface area contributed by atoms with Gasteiger partial charge in [0.05, 0.1) is 29.8 Å². The number of aliphatic hydroxyl groups is 1. The molecule has 3 N–H and O–H groups in total. The van der Waals surface area contributed by atoms with E-state index in [9.17, 15) is 5.11 Å². The van der Waals surface area contributed by atoms with Gasteiger partial charge in [-0.05, 0) is 36.8 Å². The predicted octanol–water partition coefficient (Wildman–Crippen LogP) is 4.06. The molecule has 2 aliphatic heterocycles. The van der Waals surface area contributed by atoms with Gasteiger partial charge in [0.1, 0.15) is 5.69 Å². The van der Waals surface area contributed by atoms with Gasteiger partial charge in [-0.2, -0.15) is 0 Å². The monoisotopic (exact) mass is 446 g/mol. The zero-order valence-electron chi connectivity index (χ0n) is 17.3. The molecule has 6 nitrogen and oxygen atoms in total. The molecule has 8 heteroatoms. The Morgan fingerprint density at radius 2 is 2.23 bits per heavy atom. The second kappa shape index (κ2) is 10.5. The molecule has 2 unspecified atom stereocenters. The first-order valence-corrected chi connectivity index (χ1v) is 12.4. The lowest BCUT2D eigenvalue weighted by Crippen LogP contribution is -2.33. The number of anilines is 1. The van der Waals surface area contributed by atoms with Gasteiger partial charge in [0, 0.05) is 31.1 Å². The van der Waals surface area contributed by atoms with Gasteiger partial charge in [-0.1, -0.05) is 48.6 Å². The van der Waals surface area contributed by atoms with E-state index in [1.54, 1.807) is 23.3 Å². The minimum absolute atomic E-state index is 0.0215. The molecule has 0 spiro atoms. The van der Waals surface area contributed by atoms with E-state index in [4.69, 9.17) is 9.72 Å². The van der Waals surface area contributed by atoms with Crippen LogP contribution in [0.5, 0.6) is 0 Å². The Labute approximate surface area is 186 Å². The number of nitrogens with one attached hydrogen (secondary N) is 2. The number of rotatable bonds is 10. The van der Waals surface area contributed by atoms with Crippen LogP contribution in [-0.2, 0) is 17.0 Å². The fourth-order valence-electron chi connectivity index (χ4n) is 3.56. The van der Waals surface area contributed by atoms with Gasteiger partial charge in [0.25, 0.3) is 0 Å². The lowest BCUT2D eigenvalue weighted by Gasteiger charge is -2.27. The second-order valence-electron chi connectivity index (χ2n) is 7.62. The van der Waals surface area contributed by atoms with Crippen LogP contribution in [0.3, 0.4) is 0 Å². The Morgan fingerprint density at radius 3 is 2.97 bits per heavy atom. The quantitative estimate of drug-likeness (QED) is 0.476. The molecule has 30 heavy (non-hydrogen) atoms. The summed E-state index contributed by atoms with van der Waals surface area (Å²) < 4.78 is 7.99. The van der Waals surface area contributed by atoms with Crippen LogP contribution in [0.4, 0.5) is 5.13 Å². The average Bonchev–Trinajstić information content (AvgIpc) is 3.44. The highest BCUT2D eigenvalue weighted by Gasteiger charge is 2.25. The number of nitrogens with zero attached hydrogens (tertiary/aromatic N) is 2. The first kappa shape index (κ1) is 21.5. The Balaban J connectivity index is 1.47. The molecule has 2 aliphatic rings. The first-order valence-electron chi connectivity index (χ1n) is 10.6. The van der Waals surface area contributed by atoms with Gasteiger partial charge in [-0.3, -0.25) is 0 Å². The summed E-state index contributed by atoms with van der Waals surface area (Å²) in [6, 6.07) is 10.5. The van der Waals surface area contributed by atoms with Gasteiger partial charge in [-0.25, -0.2) is 4.98 Å². The molecule has 1 saturated heterocycles. The van der Waals surface area contributed by atoms with E-state index in [1.165, 1.54) is 10.4 Å². The van der Waals surface area contributed by atoms with Crippen molar-refractivity contribution in [1.29, 1.82) is 0 Å². The summed E-state index contributed by atoms with van der Waals surface area (Å²) in [5.74, 6) is 0.917. The molecule has 2 atom stereocenters. The number of thiazole rings is 1. The number of fused-ring (bicyclic) bond motifs is 1. The Kier molecular flexibility index (Phi) is 7.54. The zero-order valence-corrected chi connectivity index (χ0v) is 19.0. The van der Waals surface area contributed by atoms with Gasteiger partial charge in [0.2, 0.25) is 0 Å². The number of aliphatic hydroxyl groups excluding tert-OH is 1. The van der Waals surface area contributed by atoms with Crippen molar-refractivity contribution in [2.24, 2.45) is 0 Å². The van der Waals surface area contributed by atoms with Gasteiger partial charge < -0.3 is 24.8 Å². The van der Waals surface area contributed by atoms with E-state index in [2.05, 4.69) is 52.3 Å². The SMILES string of the molecule is CCC(CO)NC1=CN(SCc2ccccc2)Cc2sc(NCC3CCCO3)nc21. The standard InChI is InChI=1S/C22H30N4O2S2/c1-2-17(14-27)24-19-12-26(29-15-16-7-4-3-5-8-16)13-20-21(19)25-22(30-20)23-11-18-9-6-10-28-18/h3-5,7-8,12,17-18,24,27H,2,6,9-11,13-15H2,1H3,(H,23,25). The van der Waals surface area contributed by atoms with Gasteiger partial charge >= 0.3 is 0 Å². The molecule has 1 aromatic carbocycles. The molecule has 162 valence electrons. The van der Waals surface area contributed by atoms with Crippen LogP contribution >= 0.6 is 23.3 Å². The fraction of sp³-hybridized carbons (Fsp3) is 0.500. The van der Waals surface area contributed by atoms with Crippen LogP contribution in [0.15, 0.2) is 36.5 Å². The topological polar surface area (TPSA) is 69.7 Å². The minimum Gasteiger partial charge on any atom is -0.394 e. The van der Waals surface area contributed by atoms with Crippen LogP contribution < -0.4 is 10.6 Å². The largest absolute Gasteiger partial charge is 0.394 e. The summed E-state index contributed by atoms with van der Waals surface area (Å²) in [6.07, 6.45) is 5.54. The van der Waals surface area contributed by atoms with E-state index in [0.29, 0.717) is 0 Å². The van der Waals surface area contributed by atoms with Crippen molar-refractivity contribution in [3.05, 3.63) is 52.7 Å². The number of aromatic nitrogens is 1. The van der Waals surface area contributed by atoms with Crippen LogP contribution in [0, 0.1) is 0 Å². The van der Waals surface area contributed by atoms with Gasteiger partial charge in [-0.15, -0.1) is 0 Å². The number of hydrogen-bond donors (Lipinski definition) is 3. The minimum atomic E-state index is 0.0215. The van der Waals surface area contributed by atoms with Gasteiger partial charge in [0.15, 0.2) is 5.13 Å². The first-order chi connectivity index (χ1) is 14.7. The zero-order chi connectivity index (χ0) is 20.8. The summed E-state index contributed by atoms with van der Waals surface area (Å²) >= 11 is 3.51. The lowest BCUT2D eigenvalue weighted by molar-refractivity contribution is 0.120. The molecule has 1 aromatic heterocycles. The molecular weight excluding hydrogens is 416 g/mol. The lowest BCUT2D eigenvalue weighted by atomic mass is 10.2. The number of benzene rings is 1. The third kappa shape index (κ3) is 5.49. The van der Waals surface area contributed by atoms with Crippen LogP contribution in [0.25, 0.3) is 5.70 Å². The molecule has 1 fully saturated rings. The highest BCUT2D eigenvalue weighted by Crippen LogP contribution is 2.36. The molecule has 0 radical (unpaired) electrons. The fourth-order valence-corrected chi connectivity index (χ4v) is 5.53. The van der Waals surface area contributed by atoms with Crippen molar-refractivity contribution < 1.29 is 9.84 Å². The Morgan fingerprint density at radius 1 is 1.37 bits per heavy atom. The normalized spacial score (nSPS) is 19.3. The van der Waals surface area contributed by atoms with E-state index in [-0.39, 0.29) is 18.8 Å². The maximum Gasteiger partial charge on any atom is 0.183 e. The number of ether oxygens (including phenoxy) is 1. The highest BCUT2D eigenvalue weighted by atomic mass is 32.2. The summed E-state index contributed by atoms with van der Waals surface area (Å²) in [7, 11) is 0. The summed E-state index contributed by atoms with van der Waals surface area (Å²) in [5, 5.41) is 17.6. The van der Waals surface area contributed by atoms with Crippen LogP contribution in [-0.4, -0.2) is 46.3 Å². The van der Waals surface area contributed by atoms with Crippen LogP contribution in [0.1, 0.15) is 42.3 Å². The molecule has 0 bridgehead atoms. The molecule has 0 aliphatic carbocycles. The Hall–Kier alpha value is -1.74. The van der Waals surface area contributed by atoms with Crippen molar-refractivity contribution in [3.63, 3.8) is 0 Å². The summed E-state index contributed by atoms with van der Waals surface area (Å²) in [5.41, 5.74) is 3.29. The molecule has 3 heterocycles. The maximum atomic E-state index is 9.68. The van der Waals surface area contributed by atoms with Crippen molar-refractivity contribution in [2.75, 3.05) is 25.1 Å². The molecule has 2 aromatic rings. The van der Waals surface area contributed by atoms with Crippen molar-refractivity contribution in [1.82, 2.24) is 14.6 Å². The summed E-state index contributed by atoms with van der Waals surface area (Å²) in [4.78, 5) is 6.11. The third-order valence-corrected chi connectivity index (χ3v) is 7.37. The van der Waals surface area contributed by atoms with E-state index < -0.39 is 0 Å². The second-order valence-corrected chi connectivity index (χ2v) is 9.72. The van der Waals surface area contributed by atoms with E-state index >= 15 is 0 Å². The highest BCUT2D eigenvalue weighted by molar-refractivity contribution is 7.96. The van der Waals surface area contributed by atoms with E-state index in [0.717, 1.165) is 61.2 Å². The smallest absolute Gasteiger partial charge is 0.183 e. The molecule has 4 rings (SSSR count). The van der Waals surface area contributed by atoms with E-state index in [1.807, 2.05) is 6.07 Å². The summed E-state index contributed by atoms with van der Waals surface area (Å²) in [6.45, 7) is 4.68. The third-order valence-electron chi connectivity index (χ3n) is 5.34. The van der Waals surface area contributed by atoms with Crippen molar-refractivity contribution in [3.8, 4) is 0 Å². The van der Waals surface area contributed by atoms with Crippen molar-refractivity contribution in [2.45, 2.75) is 50.6 Å². The Bertz CT molecular complexity index is 833. The van der Waals surface area contributed by atoms with Crippen molar-refractivity contribution >= 4 is 34.1 Å². The molecular formula is C22H30N4O2S2. The molecule has 0 saturated carbocycles. The maximum absolute atomic E-state index is 9.68. The van der Waals surface area contributed by atoms with Crippen LogP contribution in [0.2, 0.25) is 0 Å².